The summed E-state index contributed by atoms with van der Waals surface area (Å²) in [4.78, 5) is 24.5. The van der Waals surface area contributed by atoms with E-state index in [1.165, 1.54) is 0 Å². The van der Waals surface area contributed by atoms with Crippen LogP contribution < -0.4 is 15.4 Å². The van der Waals surface area contributed by atoms with Gasteiger partial charge in [0.05, 0.1) is 18.7 Å². The molecule has 1 aliphatic heterocycles. The Morgan fingerprint density at radius 1 is 1.38 bits per heavy atom. The van der Waals surface area contributed by atoms with Crippen LogP contribution in [-0.4, -0.2) is 35.2 Å². The molecule has 3 rings (SSSR count). The van der Waals surface area contributed by atoms with E-state index < -0.39 is 5.92 Å². The Morgan fingerprint density at radius 3 is 2.88 bits per heavy atom. The van der Waals surface area contributed by atoms with Gasteiger partial charge in [0.25, 0.3) is 0 Å². The molecule has 0 bridgehead atoms. The van der Waals surface area contributed by atoms with E-state index in [0.717, 1.165) is 29.9 Å². The van der Waals surface area contributed by atoms with Gasteiger partial charge in [-0.2, -0.15) is 5.10 Å². The summed E-state index contributed by atoms with van der Waals surface area (Å²) in [7, 11) is 1.58. The first-order valence-corrected chi connectivity index (χ1v) is 8.74. The van der Waals surface area contributed by atoms with Crippen LogP contribution in [0, 0.1) is 13.8 Å². The maximum Gasteiger partial charge on any atom is 0.228 e. The van der Waals surface area contributed by atoms with Crippen LogP contribution in [0.3, 0.4) is 0 Å². The standard InChI is InChI=1S/C19H24N4O3/c1-12-9-13(2)23(22-12)8-4-7-20-19(25)16-11-18(24)21-17-6-5-14(26-3)10-15(16)17/h5-6,9-10,16H,4,7-8,11H2,1-3H3,(H,20,25)(H,21,24)/t16-/m1/s1. The minimum absolute atomic E-state index is 0.136. The van der Waals surface area contributed by atoms with Gasteiger partial charge in [-0.25, -0.2) is 0 Å². The summed E-state index contributed by atoms with van der Waals surface area (Å²) < 4.78 is 7.18. The lowest BCUT2D eigenvalue weighted by atomic mass is 9.89. The maximum absolute atomic E-state index is 12.6. The first-order chi connectivity index (χ1) is 12.5. The molecule has 2 aromatic rings. The molecule has 0 saturated heterocycles. The molecule has 1 aromatic heterocycles. The molecule has 138 valence electrons. The molecule has 0 spiro atoms. The van der Waals surface area contributed by atoms with Gasteiger partial charge < -0.3 is 15.4 Å². The molecule has 7 heteroatoms. The van der Waals surface area contributed by atoms with Crippen LogP contribution in [0.25, 0.3) is 0 Å². The second kappa shape index (κ2) is 7.59. The zero-order chi connectivity index (χ0) is 18.7. The molecular formula is C19H24N4O3. The van der Waals surface area contributed by atoms with Crippen molar-refractivity contribution in [1.82, 2.24) is 15.1 Å². The Balaban J connectivity index is 1.61. The Labute approximate surface area is 152 Å². The number of nitrogens with one attached hydrogen (secondary N) is 2. The summed E-state index contributed by atoms with van der Waals surface area (Å²) in [5, 5.41) is 10.2. The Bertz CT molecular complexity index is 828. The zero-order valence-corrected chi connectivity index (χ0v) is 15.3. The minimum Gasteiger partial charge on any atom is -0.497 e. The fourth-order valence-corrected chi connectivity index (χ4v) is 3.27. The van der Waals surface area contributed by atoms with Gasteiger partial charge in [-0.05, 0) is 50.1 Å². The van der Waals surface area contributed by atoms with Gasteiger partial charge in [0, 0.05) is 30.9 Å². The molecule has 1 aliphatic rings. The molecule has 0 aliphatic carbocycles. The van der Waals surface area contributed by atoms with Crippen molar-refractivity contribution < 1.29 is 14.3 Å². The quantitative estimate of drug-likeness (QED) is 0.777. The van der Waals surface area contributed by atoms with Crippen LogP contribution in [0.2, 0.25) is 0 Å². The number of benzene rings is 1. The Hall–Kier alpha value is -2.83. The number of aryl methyl sites for hydroxylation is 3. The predicted molar refractivity (Wildman–Crippen MR) is 98.3 cm³/mol. The van der Waals surface area contributed by atoms with E-state index in [2.05, 4.69) is 15.7 Å². The lowest BCUT2D eigenvalue weighted by Gasteiger charge is -2.25. The van der Waals surface area contributed by atoms with Gasteiger partial charge >= 0.3 is 0 Å². The monoisotopic (exact) mass is 356 g/mol. The summed E-state index contributed by atoms with van der Waals surface area (Å²) in [6.07, 6.45) is 0.918. The molecular weight excluding hydrogens is 332 g/mol. The van der Waals surface area contributed by atoms with Crippen molar-refractivity contribution in [2.75, 3.05) is 19.0 Å². The smallest absolute Gasteiger partial charge is 0.228 e. The molecule has 0 fully saturated rings. The number of amides is 2. The average Bonchev–Trinajstić information content (AvgIpc) is 2.94. The topological polar surface area (TPSA) is 85.2 Å². The second-order valence-corrected chi connectivity index (χ2v) is 6.55. The molecule has 0 radical (unpaired) electrons. The van der Waals surface area contributed by atoms with Crippen molar-refractivity contribution in [3.8, 4) is 5.75 Å². The number of rotatable bonds is 6. The van der Waals surface area contributed by atoms with Crippen molar-refractivity contribution in [3.63, 3.8) is 0 Å². The van der Waals surface area contributed by atoms with Crippen molar-refractivity contribution in [2.24, 2.45) is 0 Å². The minimum atomic E-state index is -0.498. The second-order valence-electron chi connectivity index (χ2n) is 6.55. The third-order valence-corrected chi connectivity index (χ3v) is 4.56. The van der Waals surface area contributed by atoms with E-state index in [0.29, 0.717) is 18.0 Å². The zero-order valence-electron chi connectivity index (χ0n) is 15.3. The number of anilines is 1. The highest BCUT2D eigenvalue weighted by Crippen LogP contribution is 2.34. The number of carbonyl (C=O) groups is 2. The number of methoxy groups -OCH3 is 1. The summed E-state index contributed by atoms with van der Waals surface area (Å²) >= 11 is 0. The lowest BCUT2D eigenvalue weighted by molar-refractivity contribution is -0.126. The van der Waals surface area contributed by atoms with Gasteiger partial charge in [-0.3, -0.25) is 14.3 Å². The van der Waals surface area contributed by atoms with Crippen molar-refractivity contribution in [2.45, 2.75) is 39.2 Å². The van der Waals surface area contributed by atoms with Crippen LogP contribution in [0.4, 0.5) is 5.69 Å². The first-order valence-electron chi connectivity index (χ1n) is 8.74. The number of hydrogen-bond donors (Lipinski definition) is 2. The van der Waals surface area contributed by atoms with Gasteiger partial charge in [0.1, 0.15) is 5.75 Å². The fraction of sp³-hybridized carbons (Fsp3) is 0.421. The van der Waals surface area contributed by atoms with Gasteiger partial charge in [-0.1, -0.05) is 0 Å². The molecule has 26 heavy (non-hydrogen) atoms. The third kappa shape index (κ3) is 3.87. The van der Waals surface area contributed by atoms with E-state index in [-0.39, 0.29) is 18.2 Å². The molecule has 0 unspecified atom stereocenters. The first kappa shape index (κ1) is 18.0. The molecule has 1 aromatic carbocycles. The SMILES string of the molecule is COc1ccc2c(c1)[C@H](C(=O)NCCCn1nc(C)cc1C)CC(=O)N2. The average molecular weight is 356 g/mol. The highest BCUT2D eigenvalue weighted by atomic mass is 16.5. The largest absolute Gasteiger partial charge is 0.497 e. The van der Waals surface area contributed by atoms with E-state index in [1.807, 2.05) is 30.7 Å². The highest BCUT2D eigenvalue weighted by molar-refractivity contribution is 6.01. The molecule has 2 heterocycles. The number of aromatic nitrogens is 2. The van der Waals surface area contributed by atoms with E-state index in [9.17, 15) is 9.59 Å². The van der Waals surface area contributed by atoms with Crippen LogP contribution in [0.1, 0.15) is 35.7 Å². The molecule has 0 saturated carbocycles. The van der Waals surface area contributed by atoms with Crippen LogP contribution >= 0.6 is 0 Å². The highest BCUT2D eigenvalue weighted by Gasteiger charge is 2.30. The van der Waals surface area contributed by atoms with Crippen LogP contribution in [-0.2, 0) is 16.1 Å². The van der Waals surface area contributed by atoms with E-state index >= 15 is 0 Å². The summed E-state index contributed by atoms with van der Waals surface area (Å²) in [5.74, 6) is -0.113. The van der Waals surface area contributed by atoms with E-state index in [1.54, 1.807) is 19.2 Å². The Morgan fingerprint density at radius 2 is 2.19 bits per heavy atom. The molecule has 2 amide bonds. The summed E-state index contributed by atoms with van der Waals surface area (Å²) in [5.41, 5.74) is 3.56. The van der Waals surface area contributed by atoms with Crippen molar-refractivity contribution >= 4 is 17.5 Å². The molecule has 2 N–H and O–H groups in total. The number of ether oxygens (including phenoxy) is 1. The molecule has 7 nitrogen and oxygen atoms in total. The fourth-order valence-electron chi connectivity index (χ4n) is 3.27. The summed E-state index contributed by atoms with van der Waals surface area (Å²) in [6.45, 7) is 5.26. The van der Waals surface area contributed by atoms with Gasteiger partial charge in [0.15, 0.2) is 0 Å². The normalized spacial score (nSPS) is 16.0. The van der Waals surface area contributed by atoms with Gasteiger partial charge in [-0.15, -0.1) is 0 Å². The Kier molecular flexibility index (Phi) is 5.25. The third-order valence-electron chi connectivity index (χ3n) is 4.56. The number of fused-ring (bicyclic) bond motifs is 1. The van der Waals surface area contributed by atoms with Crippen molar-refractivity contribution in [3.05, 3.63) is 41.2 Å². The number of hydrogen-bond acceptors (Lipinski definition) is 4. The summed E-state index contributed by atoms with van der Waals surface area (Å²) in [6, 6.07) is 7.39. The van der Waals surface area contributed by atoms with E-state index in [4.69, 9.17) is 4.74 Å². The van der Waals surface area contributed by atoms with Crippen LogP contribution in [0.5, 0.6) is 5.75 Å². The predicted octanol–water partition coefficient (Wildman–Crippen LogP) is 2.14. The van der Waals surface area contributed by atoms with Gasteiger partial charge in [0.2, 0.25) is 11.8 Å². The molecule has 1 atom stereocenters. The van der Waals surface area contributed by atoms with Crippen LogP contribution in [0.15, 0.2) is 24.3 Å². The maximum atomic E-state index is 12.6. The van der Waals surface area contributed by atoms with Crippen molar-refractivity contribution in [1.29, 1.82) is 0 Å². The number of nitrogens with zero attached hydrogens (tertiary/aromatic N) is 2. The number of carbonyl (C=O) groups excluding carboxylic acids is 2. The lowest BCUT2D eigenvalue weighted by Crippen LogP contribution is -2.35.